The number of rotatable bonds is 7. The highest BCUT2D eigenvalue weighted by Crippen LogP contribution is 2.27. The third-order valence-electron chi connectivity index (χ3n) is 4.74. The molecule has 0 unspecified atom stereocenters. The summed E-state index contributed by atoms with van der Waals surface area (Å²) in [6.07, 6.45) is 1.58. The van der Waals surface area contributed by atoms with Gasteiger partial charge < -0.3 is 5.32 Å². The van der Waals surface area contributed by atoms with Gasteiger partial charge in [0.2, 0.25) is 5.91 Å². The van der Waals surface area contributed by atoms with Crippen LogP contribution >= 0.6 is 22.9 Å². The maximum Gasteiger partial charge on any atom is 0.261 e. The molecule has 1 aromatic heterocycles. The molecule has 0 spiro atoms. The van der Waals surface area contributed by atoms with Crippen LogP contribution in [0.2, 0.25) is 5.02 Å². The van der Waals surface area contributed by atoms with Crippen LogP contribution in [0.3, 0.4) is 0 Å². The van der Waals surface area contributed by atoms with Gasteiger partial charge in [0.25, 0.3) is 11.8 Å². The summed E-state index contributed by atoms with van der Waals surface area (Å²) in [4.78, 5) is 55.2. The van der Waals surface area contributed by atoms with Crippen molar-refractivity contribution in [2.75, 3.05) is 5.32 Å². The summed E-state index contributed by atoms with van der Waals surface area (Å²) >= 11 is 6.98. The van der Waals surface area contributed by atoms with Gasteiger partial charge in [0, 0.05) is 34.5 Å². The van der Waals surface area contributed by atoms with Gasteiger partial charge in [-0.2, -0.15) is 0 Å². The lowest BCUT2D eigenvalue weighted by Crippen LogP contribution is -2.28. The van der Waals surface area contributed by atoms with Crippen LogP contribution < -0.4 is 5.32 Å². The van der Waals surface area contributed by atoms with Gasteiger partial charge in [0.15, 0.2) is 10.9 Å². The summed E-state index contributed by atoms with van der Waals surface area (Å²) in [6.45, 7) is 0.0783. The van der Waals surface area contributed by atoms with Crippen molar-refractivity contribution in [1.82, 2.24) is 9.88 Å². The quantitative estimate of drug-likeness (QED) is 0.427. The molecule has 31 heavy (non-hydrogen) atoms. The Balaban J connectivity index is 1.31. The first kappa shape index (κ1) is 20.9. The number of aromatic nitrogens is 1. The van der Waals surface area contributed by atoms with E-state index in [9.17, 15) is 19.2 Å². The van der Waals surface area contributed by atoms with Gasteiger partial charge in [-0.3, -0.25) is 24.1 Å². The molecule has 1 aliphatic heterocycles. The van der Waals surface area contributed by atoms with E-state index in [1.807, 2.05) is 0 Å². The average molecular weight is 454 g/mol. The van der Waals surface area contributed by atoms with Crippen molar-refractivity contribution in [3.05, 3.63) is 81.3 Å². The van der Waals surface area contributed by atoms with Crippen LogP contribution in [0.15, 0.2) is 54.7 Å². The van der Waals surface area contributed by atoms with Crippen LogP contribution in [-0.4, -0.2) is 33.4 Å². The fourth-order valence-electron chi connectivity index (χ4n) is 3.17. The van der Waals surface area contributed by atoms with E-state index < -0.39 is 0 Å². The molecular formula is C22H16ClN3O4S. The van der Waals surface area contributed by atoms with Crippen LogP contribution in [-0.2, 0) is 11.3 Å². The number of carbonyl (C=O) groups excluding carboxylic acids is 4. The van der Waals surface area contributed by atoms with Crippen molar-refractivity contribution in [2.24, 2.45) is 0 Å². The Kier molecular flexibility index (Phi) is 5.92. The summed E-state index contributed by atoms with van der Waals surface area (Å²) in [7, 11) is 0. The third kappa shape index (κ3) is 4.55. The van der Waals surface area contributed by atoms with Crippen LogP contribution in [0, 0.1) is 0 Å². The molecule has 0 saturated heterocycles. The lowest BCUT2D eigenvalue weighted by atomic mass is 10.1. The van der Waals surface area contributed by atoms with Gasteiger partial charge in [-0.1, -0.05) is 35.1 Å². The Bertz CT molecular complexity index is 1150. The molecule has 0 saturated carbocycles. The zero-order valence-electron chi connectivity index (χ0n) is 16.1. The number of carbonyl (C=O) groups is 4. The van der Waals surface area contributed by atoms with E-state index in [4.69, 9.17) is 11.6 Å². The second-order valence-corrected chi connectivity index (χ2v) is 8.40. The number of Topliss-reactive ketones (excluding diaryl/α,β-unsaturated/α-hetero) is 1. The van der Waals surface area contributed by atoms with E-state index >= 15 is 0 Å². The van der Waals surface area contributed by atoms with E-state index in [1.54, 1.807) is 48.5 Å². The van der Waals surface area contributed by atoms with Crippen LogP contribution in [0.5, 0.6) is 0 Å². The normalized spacial score (nSPS) is 12.7. The van der Waals surface area contributed by atoms with Gasteiger partial charge in [-0.25, -0.2) is 4.98 Å². The number of benzene rings is 2. The number of hydrogen-bond donors (Lipinski definition) is 1. The zero-order valence-corrected chi connectivity index (χ0v) is 17.7. The molecule has 2 heterocycles. The Morgan fingerprint density at radius 3 is 2.26 bits per heavy atom. The topological polar surface area (TPSA) is 96.4 Å². The molecular weight excluding hydrogens is 438 g/mol. The van der Waals surface area contributed by atoms with Gasteiger partial charge in [0.05, 0.1) is 17.7 Å². The number of anilines is 1. The Hall–Kier alpha value is -3.36. The molecule has 9 heteroatoms. The minimum Gasteiger partial charge on any atom is -0.302 e. The minimum atomic E-state index is -0.347. The molecule has 2 aromatic carbocycles. The van der Waals surface area contributed by atoms with Crippen molar-refractivity contribution < 1.29 is 19.2 Å². The summed E-state index contributed by atoms with van der Waals surface area (Å²) in [6, 6.07) is 13.2. The zero-order chi connectivity index (χ0) is 22.0. The van der Waals surface area contributed by atoms with Crippen molar-refractivity contribution >= 4 is 51.6 Å². The molecule has 3 aromatic rings. The molecule has 4 rings (SSSR count). The van der Waals surface area contributed by atoms with Gasteiger partial charge in [-0.15, -0.1) is 0 Å². The van der Waals surface area contributed by atoms with Crippen LogP contribution in [0.1, 0.15) is 48.8 Å². The predicted octanol–water partition coefficient (Wildman–Crippen LogP) is 4.19. The highest BCUT2D eigenvalue weighted by Gasteiger charge is 2.35. The third-order valence-corrected chi connectivity index (χ3v) is 5.89. The largest absolute Gasteiger partial charge is 0.302 e. The van der Waals surface area contributed by atoms with E-state index in [-0.39, 0.29) is 42.9 Å². The van der Waals surface area contributed by atoms with Gasteiger partial charge in [-0.05, 0) is 36.4 Å². The molecule has 0 fully saturated rings. The number of hydrogen-bond acceptors (Lipinski definition) is 6. The smallest absolute Gasteiger partial charge is 0.261 e. The van der Waals surface area contributed by atoms with Crippen molar-refractivity contribution in [2.45, 2.75) is 19.4 Å². The molecule has 1 N–H and O–H groups in total. The standard InChI is InChI=1S/C22H16ClN3O4S/c23-14-7-5-13(6-8-14)18(27)9-10-19(28)25-22-24-11-15(31-22)12-26-20(29)16-3-1-2-4-17(16)21(26)30/h1-8,11H,9-10,12H2,(H,24,25,28). The lowest BCUT2D eigenvalue weighted by Gasteiger charge is -2.11. The van der Waals surface area contributed by atoms with E-state index in [0.29, 0.717) is 31.7 Å². The van der Waals surface area contributed by atoms with Crippen LogP contribution in [0.4, 0.5) is 5.13 Å². The summed E-state index contributed by atoms with van der Waals surface area (Å²) in [5.74, 6) is -1.19. The fourth-order valence-corrected chi connectivity index (χ4v) is 4.11. The Morgan fingerprint density at radius 1 is 0.968 bits per heavy atom. The first-order valence-corrected chi connectivity index (χ1v) is 10.6. The summed E-state index contributed by atoms with van der Waals surface area (Å²) < 4.78 is 0. The molecule has 3 amide bonds. The predicted molar refractivity (Wildman–Crippen MR) is 116 cm³/mol. The molecule has 0 aliphatic carbocycles. The number of imide groups is 1. The number of ketones is 1. The lowest BCUT2D eigenvalue weighted by molar-refractivity contribution is -0.116. The highest BCUT2D eigenvalue weighted by molar-refractivity contribution is 7.15. The molecule has 1 aliphatic rings. The Labute approximate surface area is 186 Å². The van der Waals surface area contributed by atoms with Crippen molar-refractivity contribution in [3.63, 3.8) is 0 Å². The first-order chi connectivity index (χ1) is 14.9. The number of amides is 3. The van der Waals surface area contributed by atoms with E-state index in [0.717, 1.165) is 4.90 Å². The highest BCUT2D eigenvalue weighted by atomic mass is 35.5. The molecule has 0 radical (unpaired) electrons. The fraction of sp³-hybridized carbons (Fsp3) is 0.136. The summed E-state index contributed by atoms with van der Waals surface area (Å²) in [5, 5.41) is 3.53. The second kappa shape index (κ2) is 8.79. The maximum absolute atomic E-state index is 12.5. The Morgan fingerprint density at radius 2 is 1.61 bits per heavy atom. The maximum atomic E-state index is 12.5. The van der Waals surface area contributed by atoms with E-state index in [2.05, 4.69) is 10.3 Å². The molecule has 0 bridgehead atoms. The number of thiazole rings is 1. The molecule has 7 nitrogen and oxygen atoms in total. The molecule has 0 atom stereocenters. The number of fused-ring (bicyclic) bond motifs is 1. The number of nitrogens with one attached hydrogen (secondary N) is 1. The van der Waals surface area contributed by atoms with Gasteiger partial charge >= 0.3 is 0 Å². The number of halogens is 1. The van der Waals surface area contributed by atoms with Crippen molar-refractivity contribution in [1.29, 1.82) is 0 Å². The monoisotopic (exact) mass is 453 g/mol. The molecule has 156 valence electrons. The second-order valence-electron chi connectivity index (χ2n) is 6.85. The average Bonchev–Trinajstić information content (AvgIpc) is 3.31. The van der Waals surface area contributed by atoms with Crippen molar-refractivity contribution in [3.8, 4) is 0 Å². The number of nitrogens with zero attached hydrogens (tertiary/aromatic N) is 2. The SMILES string of the molecule is O=C(CCC(=O)c1ccc(Cl)cc1)Nc1ncc(CN2C(=O)c3ccccc3C2=O)s1. The first-order valence-electron chi connectivity index (χ1n) is 9.41. The van der Waals surface area contributed by atoms with E-state index in [1.165, 1.54) is 17.5 Å². The summed E-state index contributed by atoms with van der Waals surface area (Å²) in [5.41, 5.74) is 1.27. The minimum absolute atomic E-state index is 0.00871. The van der Waals surface area contributed by atoms with Gasteiger partial charge in [0.1, 0.15) is 0 Å². The van der Waals surface area contributed by atoms with Crippen LogP contribution in [0.25, 0.3) is 0 Å².